The van der Waals surface area contributed by atoms with E-state index in [-0.39, 0.29) is 12.5 Å². The number of aliphatic hydroxyl groups is 3. The highest BCUT2D eigenvalue weighted by Crippen LogP contribution is 2.44. The van der Waals surface area contributed by atoms with Crippen LogP contribution in [0.5, 0.6) is 0 Å². The van der Waals surface area contributed by atoms with Crippen molar-refractivity contribution < 1.29 is 15.3 Å². The van der Waals surface area contributed by atoms with Crippen molar-refractivity contribution in [1.82, 2.24) is 19.9 Å². The van der Waals surface area contributed by atoms with Gasteiger partial charge in [0.25, 0.3) is 0 Å². The lowest BCUT2D eigenvalue weighted by Crippen LogP contribution is -2.35. The number of pyridine rings is 1. The zero-order valence-electron chi connectivity index (χ0n) is 17.4. The molecule has 4 unspecified atom stereocenters. The van der Waals surface area contributed by atoms with Gasteiger partial charge in [0.1, 0.15) is 22.4 Å². The molecule has 0 aromatic carbocycles. The number of aromatic nitrogens is 4. The van der Waals surface area contributed by atoms with E-state index < -0.39 is 18.2 Å². The van der Waals surface area contributed by atoms with Gasteiger partial charge in [-0.3, -0.25) is 4.98 Å². The largest absolute Gasteiger partial charge is 0.396 e. The van der Waals surface area contributed by atoms with E-state index in [1.807, 2.05) is 19.2 Å². The van der Waals surface area contributed by atoms with E-state index in [0.29, 0.717) is 24.1 Å². The maximum Gasteiger partial charge on any atom is 0.224 e. The van der Waals surface area contributed by atoms with Gasteiger partial charge in [-0.25, -0.2) is 9.97 Å². The van der Waals surface area contributed by atoms with E-state index in [9.17, 15) is 15.3 Å². The summed E-state index contributed by atoms with van der Waals surface area (Å²) in [7, 11) is 1.75. The van der Waals surface area contributed by atoms with E-state index in [0.717, 1.165) is 45.0 Å². The van der Waals surface area contributed by atoms with E-state index >= 15 is 0 Å². The van der Waals surface area contributed by atoms with E-state index in [1.165, 1.54) is 0 Å². The van der Waals surface area contributed by atoms with Crippen LogP contribution in [0.25, 0.3) is 20.8 Å². The van der Waals surface area contributed by atoms with Crippen molar-refractivity contribution in [3.63, 3.8) is 0 Å². The molecule has 2 aliphatic carbocycles. The smallest absolute Gasteiger partial charge is 0.224 e. The van der Waals surface area contributed by atoms with Gasteiger partial charge in [0.15, 0.2) is 0 Å². The predicted octanol–water partition coefficient (Wildman–Crippen LogP) is 1.89. The number of hydrogen-bond donors (Lipinski definition) is 5. The Morgan fingerprint density at radius 3 is 2.65 bits per heavy atom. The summed E-state index contributed by atoms with van der Waals surface area (Å²) >= 11 is 1.57. The van der Waals surface area contributed by atoms with Crippen LogP contribution in [0.4, 0.5) is 11.8 Å². The van der Waals surface area contributed by atoms with Crippen molar-refractivity contribution in [3.8, 4) is 10.6 Å². The molecule has 0 spiro atoms. The third kappa shape index (κ3) is 3.63. The molecule has 5 rings (SSSR count). The topological polar surface area (TPSA) is 136 Å². The van der Waals surface area contributed by atoms with Gasteiger partial charge in [0.2, 0.25) is 5.95 Å². The number of thiazole rings is 1. The molecule has 3 aromatic rings. The minimum atomic E-state index is -1.00. The molecule has 164 valence electrons. The Kier molecular flexibility index (Phi) is 5.25. The summed E-state index contributed by atoms with van der Waals surface area (Å²) in [5, 5.41) is 37.3. The van der Waals surface area contributed by atoms with Crippen LogP contribution in [0.1, 0.15) is 36.6 Å². The predicted molar refractivity (Wildman–Crippen MR) is 119 cm³/mol. The fraction of sp³-hybridized carbons (Fsp3) is 0.524. The molecule has 2 saturated carbocycles. The molecule has 9 nitrogen and oxygen atoms in total. The van der Waals surface area contributed by atoms with Gasteiger partial charge in [-0.05, 0) is 32.3 Å². The molecular formula is C21H26N6O3S. The molecule has 5 N–H and O–H groups in total. The fourth-order valence-corrected chi connectivity index (χ4v) is 5.37. The molecule has 3 aromatic heterocycles. The molecule has 2 aliphatic rings. The standard InChI is InChI=1S/C21H26N6O3S/c1-9-14(20-26-16-13(31-20)5-6-23-15(16)10-3-4-10)19(27-21(22-2)24-9)25-12-7-11(8-28)17(29)18(12)30/h5-6,10-12,17-18,28-30H,3-4,7-8H2,1-2H3,(H2,22,24,25,27). The van der Waals surface area contributed by atoms with Crippen LogP contribution in [0.3, 0.4) is 0 Å². The molecule has 4 atom stereocenters. The molecule has 0 amide bonds. The minimum Gasteiger partial charge on any atom is -0.396 e. The number of anilines is 2. The van der Waals surface area contributed by atoms with Crippen LogP contribution >= 0.6 is 11.3 Å². The van der Waals surface area contributed by atoms with Crippen LogP contribution in [-0.2, 0) is 0 Å². The summed E-state index contributed by atoms with van der Waals surface area (Å²) < 4.78 is 1.08. The Bertz CT molecular complexity index is 1120. The van der Waals surface area contributed by atoms with Gasteiger partial charge in [0, 0.05) is 31.7 Å². The quantitative estimate of drug-likeness (QED) is 0.388. The molecular weight excluding hydrogens is 416 g/mol. The number of aliphatic hydroxyl groups excluding tert-OH is 3. The minimum absolute atomic E-state index is 0.178. The van der Waals surface area contributed by atoms with Crippen LogP contribution in [0, 0.1) is 12.8 Å². The highest BCUT2D eigenvalue weighted by Gasteiger charge is 2.41. The first kappa shape index (κ1) is 20.5. The second-order valence-electron chi connectivity index (χ2n) is 8.35. The van der Waals surface area contributed by atoms with Crippen molar-refractivity contribution >= 4 is 33.3 Å². The molecule has 0 bridgehead atoms. The van der Waals surface area contributed by atoms with Crippen molar-refractivity contribution in [2.45, 2.75) is 50.4 Å². The van der Waals surface area contributed by atoms with E-state index in [4.69, 9.17) is 4.98 Å². The lowest BCUT2D eigenvalue weighted by Gasteiger charge is -2.21. The zero-order valence-corrected chi connectivity index (χ0v) is 18.2. The average Bonchev–Trinajstić information content (AvgIpc) is 3.46. The average molecular weight is 443 g/mol. The van der Waals surface area contributed by atoms with Crippen molar-refractivity contribution in [2.24, 2.45) is 5.92 Å². The van der Waals surface area contributed by atoms with Gasteiger partial charge in [0.05, 0.1) is 33.8 Å². The number of nitrogens with one attached hydrogen (secondary N) is 2. The summed E-state index contributed by atoms with van der Waals surface area (Å²) in [6.45, 7) is 1.73. The second kappa shape index (κ2) is 7.94. The summed E-state index contributed by atoms with van der Waals surface area (Å²) in [5.74, 6) is 1.12. The van der Waals surface area contributed by atoms with Gasteiger partial charge in [-0.1, -0.05) is 0 Å². The maximum atomic E-state index is 10.5. The third-order valence-electron chi connectivity index (χ3n) is 6.19. The summed E-state index contributed by atoms with van der Waals surface area (Å²) in [4.78, 5) is 18.6. The van der Waals surface area contributed by atoms with E-state index in [2.05, 4.69) is 25.6 Å². The van der Waals surface area contributed by atoms with Crippen LogP contribution < -0.4 is 10.6 Å². The molecule has 3 heterocycles. The SMILES string of the molecule is CNc1nc(C)c(-c2nc3c(C4CC4)nccc3s2)c(NC2CC(CO)C(O)C2O)n1. The monoisotopic (exact) mass is 442 g/mol. The lowest BCUT2D eigenvalue weighted by atomic mass is 10.1. The molecule has 31 heavy (non-hydrogen) atoms. The highest BCUT2D eigenvalue weighted by atomic mass is 32.1. The molecule has 10 heteroatoms. The van der Waals surface area contributed by atoms with Gasteiger partial charge >= 0.3 is 0 Å². The zero-order chi connectivity index (χ0) is 21.7. The number of fused-ring (bicyclic) bond motifs is 1. The van der Waals surface area contributed by atoms with Gasteiger partial charge < -0.3 is 26.0 Å². The first-order valence-corrected chi connectivity index (χ1v) is 11.4. The summed E-state index contributed by atoms with van der Waals surface area (Å²) in [6, 6.07) is 1.54. The molecule has 0 saturated heterocycles. The Morgan fingerprint density at radius 2 is 1.97 bits per heavy atom. The van der Waals surface area contributed by atoms with Crippen molar-refractivity contribution in [3.05, 3.63) is 23.7 Å². The Labute approximate surface area is 183 Å². The Morgan fingerprint density at radius 1 is 1.16 bits per heavy atom. The van der Waals surface area contributed by atoms with E-state index in [1.54, 1.807) is 18.4 Å². The molecule has 0 aliphatic heterocycles. The first-order valence-electron chi connectivity index (χ1n) is 10.6. The molecule has 2 fully saturated rings. The number of aryl methyl sites for hydroxylation is 1. The summed E-state index contributed by atoms with van der Waals surface area (Å²) in [5.41, 5.74) is 3.52. The maximum absolute atomic E-state index is 10.5. The Balaban J connectivity index is 1.57. The fourth-order valence-electron chi connectivity index (χ4n) is 4.31. The van der Waals surface area contributed by atoms with Gasteiger partial charge in [-0.15, -0.1) is 11.3 Å². The van der Waals surface area contributed by atoms with Crippen LogP contribution in [0.15, 0.2) is 12.3 Å². The van der Waals surface area contributed by atoms with Crippen LogP contribution in [0.2, 0.25) is 0 Å². The highest BCUT2D eigenvalue weighted by molar-refractivity contribution is 7.21. The Hall–Kier alpha value is -2.40. The van der Waals surface area contributed by atoms with Crippen molar-refractivity contribution in [1.29, 1.82) is 0 Å². The third-order valence-corrected chi connectivity index (χ3v) is 7.22. The number of hydrogen-bond acceptors (Lipinski definition) is 10. The summed E-state index contributed by atoms with van der Waals surface area (Å²) in [6.07, 6.45) is 2.60. The van der Waals surface area contributed by atoms with Gasteiger partial charge in [-0.2, -0.15) is 4.98 Å². The molecule has 0 radical (unpaired) electrons. The van der Waals surface area contributed by atoms with Crippen molar-refractivity contribution in [2.75, 3.05) is 24.3 Å². The number of rotatable bonds is 6. The normalized spacial score (nSPS) is 25.8. The lowest BCUT2D eigenvalue weighted by molar-refractivity contribution is 0.00446. The second-order valence-corrected chi connectivity index (χ2v) is 9.38. The number of nitrogens with zero attached hydrogens (tertiary/aromatic N) is 4. The first-order chi connectivity index (χ1) is 15.0. The van der Waals surface area contributed by atoms with Crippen LogP contribution in [-0.4, -0.2) is 67.2 Å².